The van der Waals surface area contributed by atoms with Gasteiger partial charge < -0.3 is 15.0 Å². The van der Waals surface area contributed by atoms with Crippen LogP contribution in [0.1, 0.15) is 35.2 Å². The lowest BCUT2D eigenvalue weighted by atomic mass is 10.1. The average molecular weight is 394 g/mol. The fourth-order valence-corrected chi connectivity index (χ4v) is 3.93. The van der Waals surface area contributed by atoms with Gasteiger partial charge in [-0.05, 0) is 43.5 Å². The highest BCUT2D eigenvalue weighted by molar-refractivity contribution is 6.36. The van der Waals surface area contributed by atoms with Crippen molar-refractivity contribution in [1.29, 1.82) is 0 Å². The number of ether oxygens (including phenoxy) is 1. The molecule has 1 saturated heterocycles. The second-order valence-electron chi connectivity index (χ2n) is 6.61. The standard InChI is InChI=1S/C20H22Cl2N2O2/c1-26-19-17(11-15(21)12-18(19)22)20(25)23-16-7-5-14(6-8-16)13-24-9-3-2-4-10-24/h5-8,11-12H,2-4,9-10,13H2,1H3,(H,23,25)/p+1. The van der Waals surface area contributed by atoms with Gasteiger partial charge in [-0.2, -0.15) is 0 Å². The normalized spacial score (nSPS) is 14.9. The third kappa shape index (κ3) is 4.70. The van der Waals surface area contributed by atoms with E-state index < -0.39 is 0 Å². The Balaban J connectivity index is 1.68. The molecule has 1 amide bonds. The molecule has 1 aliphatic heterocycles. The van der Waals surface area contributed by atoms with Gasteiger partial charge in [0.05, 0.1) is 30.8 Å². The van der Waals surface area contributed by atoms with Gasteiger partial charge >= 0.3 is 0 Å². The number of carbonyl (C=O) groups is 1. The van der Waals surface area contributed by atoms with Crippen LogP contribution in [0.5, 0.6) is 5.75 Å². The van der Waals surface area contributed by atoms with Crippen molar-refractivity contribution in [3.8, 4) is 5.75 Å². The molecule has 0 atom stereocenters. The Kier molecular flexibility index (Phi) is 6.41. The summed E-state index contributed by atoms with van der Waals surface area (Å²) < 4.78 is 5.24. The number of quaternary nitrogens is 1. The number of hydrogen-bond acceptors (Lipinski definition) is 2. The molecule has 0 radical (unpaired) electrons. The van der Waals surface area contributed by atoms with Gasteiger partial charge in [-0.1, -0.05) is 35.3 Å². The first kappa shape index (κ1) is 19.0. The number of benzene rings is 2. The molecule has 2 N–H and O–H groups in total. The molecular formula is C20H23Cl2N2O2+. The zero-order valence-electron chi connectivity index (χ0n) is 14.8. The van der Waals surface area contributed by atoms with Gasteiger partial charge in [0.15, 0.2) is 0 Å². The van der Waals surface area contributed by atoms with Crippen LogP contribution in [0.15, 0.2) is 36.4 Å². The van der Waals surface area contributed by atoms with E-state index in [-0.39, 0.29) is 5.91 Å². The second kappa shape index (κ2) is 8.76. The number of likely N-dealkylation sites (tertiary alicyclic amines) is 1. The summed E-state index contributed by atoms with van der Waals surface area (Å²) in [6.45, 7) is 3.52. The molecule has 0 spiro atoms. The van der Waals surface area contributed by atoms with Crippen LogP contribution in [0, 0.1) is 0 Å². The Labute approximate surface area is 164 Å². The van der Waals surface area contributed by atoms with Gasteiger partial charge in [0, 0.05) is 16.3 Å². The van der Waals surface area contributed by atoms with Crippen LogP contribution in [0.3, 0.4) is 0 Å². The maximum Gasteiger partial charge on any atom is 0.259 e. The highest BCUT2D eigenvalue weighted by Gasteiger charge is 2.17. The smallest absolute Gasteiger partial charge is 0.259 e. The van der Waals surface area contributed by atoms with Crippen LogP contribution < -0.4 is 15.0 Å². The molecular weight excluding hydrogens is 371 g/mol. The third-order valence-corrected chi connectivity index (χ3v) is 5.18. The third-order valence-electron chi connectivity index (χ3n) is 4.68. The summed E-state index contributed by atoms with van der Waals surface area (Å²) in [5.74, 6) is 0.0135. The van der Waals surface area contributed by atoms with Crippen molar-refractivity contribution in [2.24, 2.45) is 0 Å². The predicted molar refractivity (Wildman–Crippen MR) is 106 cm³/mol. The summed E-state index contributed by atoms with van der Waals surface area (Å²) in [4.78, 5) is 14.2. The van der Waals surface area contributed by atoms with Crippen LogP contribution >= 0.6 is 23.2 Å². The van der Waals surface area contributed by atoms with Gasteiger partial charge in [-0.3, -0.25) is 4.79 Å². The Morgan fingerprint density at radius 1 is 1.12 bits per heavy atom. The molecule has 138 valence electrons. The van der Waals surface area contributed by atoms with Crippen LogP contribution in [0.2, 0.25) is 10.0 Å². The van der Waals surface area contributed by atoms with Crippen LogP contribution in [-0.4, -0.2) is 26.1 Å². The van der Waals surface area contributed by atoms with E-state index >= 15 is 0 Å². The topological polar surface area (TPSA) is 42.8 Å². The lowest BCUT2D eigenvalue weighted by Gasteiger charge is -2.23. The first-order chi connectivity index (χ1) is 12.6. The van der Waals surface area contributed by atoms with Crippen LogP contribution in [0.25, 0.3) is 0 Å². The highest BCUT2D eigenvalue weighted by atomic mass is 35.5. The van der Waals surface area contributed by atoms with Crippen molar-refractivity contribution in [2.45, 2.75) is 25.8 Å². The Bertz CT molecular complexity index is 772. The van der Waals surface area contributed by atoms with E-state index in [0.29, 0.717) is 21.4 Å². The Hall–Kier alpha value is -1.75. The molecule has 0 unspecified atom stereocenters. The summed E-state index contributed by atoms with van der Waals surface area (Å²) in [7, 11) is 1.48. The lowest BCUT2D eigenvalue weighted by Crippen LogP contribution is -3.11. The van der Waals surface area contributed by atoms with E-state index in [4.69, 9.17) is 27.9 Å². The highest BCUT2D eigenvalue weighted by Crippen LogP contribution is 2.32. The van der Waals surface area contributed by atoms with Crippen molar-refractivity contribution in [3.63, 3.8) is 0 Å². The van der Waals surface area contributed by atoms with Crippen molar-refractivity contribution in [1.82, 2.24) is 0 Å². The number of halogens is 2. The van der Waals surface area contributed by atoms with E-state index in [1.165, 1.54) is 45.0 Å². The van der Waals surface area contributed by atoms with Crippen molar-refractivity contribution >= 4 is 34.8 Å². The number of methoxy groups -OCH3 is 1. The van der Waals surface area contributed by atoms with Gasteiger partial charge in [0.25, 0.3) is 5.91 Å². The van der Waals surface area contributed by atoms with Gasteiger partial charge in [0.1, 0.15) is 12.3 Å². The molecule has 1 heterocycles. The van der Waals surface area contributed by atoms with Crippen LogP contribution in [-0.2, 0) is 6.54 Å². The number of hydrogen-bond donors (Lipinski definition) is 2. The van der Waals surface area contributed by atoms with Gasteiger partial charge in [-0.15, -0.1) is 0 Å². The van der Waals surface area contributed by atoms with E-state index in [1.54, 1.807) is 17.0 Å². The minimum atomic E-state index is -0.305. The summed E-state index contributed by atoms with van der Waals surface area (Å²) in [6, 6.07) is 11.1. The van der Waals surface area contributed by atoms with Crippen molar-refractivity contribution in [3.05, 3.63) is 57.6 Å². The summed E-state index contributed by atoms with van der Waals surface area (Å²) >= 11 is 12.1. The molecule has 26 heavy (non-hydrogen) atoms. The summed E-state index contributed by atoms with van der Waals surface area (Å²) in [6.07, 6.45) is 3.98. The molecule has 0 saturated carbocycles. The number of rotatable bonds is 5. The van der Waals surface area contributed by atoms with Crippen LogP contribution in [0.4, 0.5) is 5.69 Å². The first-order valence-electron chi connectivity index (χ1n) is 8.83. The predicted octanol–water partition coefficient (Wildman–Crippen LogP) is 3.82. The fraction of sp³-hybridized carbons (Fsp3) is 0.350. The molecule has 6 heteroatoms. The molecule has 4 nitrogen and oxygen atoms in total. The van der Waals surface area contributed by atoms with E-state index in [9.17, 15) is 4.79 Å². The minimum absolute atomic E-state index is 0.305. The summed E-state index contributed by atoms with van der Waals surface area (Å²) in [5.41, 5.74) is 2.32. The molecule has 2 aromatic rings. The Morgan fingerprint density at radius 3 is 2.46 bits per heavy atom. The second-order valence-corrected chi connectivity index (χ2v) is 7.45. The molecule has 0 aromatic heterocycles. The van der Waals surface area contributed by atoms with E-state index in [2.05, 4.69) is 17.4 Å². The molecule has 2 aromatic carbocycles. The Morgan fingerprint density at radius 2 is 1.81 bits per heavy atom. The SMILES string of the molecule is COc1c(Cl)cc(Cl)cc1C(=O)Nc1ccc(C[NH+]2CCCCC2)cc1. The maximum absolute atomic E-state index is 12.6. The first-order valence-corrected chi connectivity index (χ1v) is 9.59. The average Bonchev–Trinajstić information content (AvgIpc) is 2.63. The maximum atomic E-state index is 12.6. The molecule has 1 fully saturated rings. The number of carbonyl (C=O) groups excluding carboxylic acids is 1. The molecule has 0 bridgehead atoms. The summed E-state index contributed by atoms with van der Waals surface area (Å²) in [5, 5.41) is 3.58. The zero-order chi connectivity index (χ0) is 18.5. The number of piperidine rings is 1. The molecule has 1 aliphatic rings. The molecule has 0 aliphatic carbocycles. The van der Waals surface area contributed by atoms with E-state index in [1.807, 2.05) is 12.1 Å². The quantitative estimate of drug-likeness (QED) is 0.810. The zero-order valence-corrected chi connectivity index (χ0v) is 16.3. The lowest BCUT2D eigenvalue weighted by molar-refractivity contribution is -0.918. The largest absolute Gasteiger partial charge is 0.494 e. The number of anilines is 1. The van der Waals surface area contributed by atoms with Crippen molar-refractivity contribution < 1.29 is 14.4 Å². The van der Waals surface area contributed by atoms with E-state index in [0.717, 1.165) is 12.2 Å². The van der Waals surface area contributed by atoms with Gasteiger partial charge in [-0.25, -0.2) is 0 Å². The molecule has 3 rings (SSSR count). The number of nitrogens with one attached hydrogen (secondary N) is 2. The van der Waals surface area contributed by atoms with Crippen molar-refractivity contribution in [2.75, 3.05) is 25.5 Å². The number of amides is 1. The monoisotopic (exact) mass is 393 g/mol. The fourth-order valence-electron chi connectivity index (χ4n) is 3.36. The van der Waals surface area contributed by atoms with Gasteiger partial charge in [0.2, 0.25) is 0 Å². The minimum Gasteiger partial charge on any atom is -0.494 e.